The van der Waals surface area contributed by atoms with E-state index in [0.29, 0.717) is 5.92 Å². The van der Waals surface area contributed by atoms with Crippen molar-refractivity contribution >= 4 is 16.5 Å². The summed E-state index contributed by atoms with van der Waals surface area (Å²) in [6, 6.07) is 3.94. The highest BCUT2D eigenvalue weighted by Crippen LogP contribution is 2.27. The average molecular weight is 248 g/mol. The van der Waals surface area contributed by atoms with Crippen LogP contribution in [0.25, 0.3) is 10.6 Å². The van der Waals surface area contributed by atoms with E-state index in [1.54, 1.807) is 17.5 Å². The van der Waals surface area contributed by atoms with Crippen molar-refractivity contribution in [3.05, 3.63) is 24.0 Å². The monoisotopic (exact) mass is 248 g/mol. The van der Waals surface area contributed by atoms with Crippen LogP contribution in [0, 0.1) is 12.8 Å². The third-order valence-electron chi connectivity index (χ3n) is 2.32. The molecule has 0 atom stereocenters. The van der Waals surface area contributed by atoms with Gasteiger partial charge in [-0.2, -0.15) is 0 Å². The quantitative estimate of drug-likeness (QED) is 0.903. The molecule has 0 bridgehead atoms. The van der Waals surface area contributed by atoms with E-state index < -0.39 is 0 Å². The van der Waals surface area contributed by atoms with Crippen molar-refractivity contribution in [2.24, 2.45) is 5.92 Å². The molecule has 0 amide bonds. The van der Waals surface area contributed by atoms with Crippen molar-refractivity contribution in [3.8, 4) is 10.6 Å². The Morgan fingerprint density at radius 2 is 2.18 bits per heavy atom. The number of aryl methyl sites for hydroxylation is 1. The molecule has 5 heteroatoms. The highest BCUT2D eigenvalue weighted by Gasteiger charge is 2.09. The Hall–Kier alpha value is -1.49. The normalized spacial score (nSPS) is 10.8. The van der Waals surface area contributed by atoms with Crippen LogP contribution in [0.5, 0.6) is 0 Å². The van der Waals surface area contributed by atoms with Gasteiger partial charge in [0, 0.05) is 24.0 Å². The molecule has 0 saturated carbocycles. The molecule has 0 aliphatic rings. The Balaban J connectivity index is 2.16. The summed E-state index contributed by atoms with van der Waals surface area (Å²) in [6.45, 7) is 7.24. The van der Waals surface area contributed by atoms with Crippen LogP contribution in [0.15, 0.2) is 18.3 Å². The third kappa shape index (κ3) is 3.00. The zero-order valence-electron chi connectivity index (χ0n) is 10.3. The van der Waals surface area contributed by atoms with E-state index in [2.05, 4.69) is 34.3 Å². The number of aromatic nitrogens is 3. The van der Waals surface area contributed by atoms with Crippen LogP contribution in [-0.2, 0) is 0 Å². The fourth-order valence-electron chi connectivity index (χ4n) is 1.41. The topological polar surface area (TPSA) is 50.7 Å². The molecule has 0 unspecified atom stereocenters. The van der Waals surface area contributed by atoms with Crippen molar-refractivity contribution in [3.63, 3.8) is 0 Å². The molecule has 0 aromatic carbocycles. The van der Waals surface area contributed by atoms with Crippen LogP contribution in [-0.4, -0.2) is 21.7 Å². The predicted octanol–water partition coefficient (Wildman–Crippen LogP) is 2.98. The molecular weight excluding hydrogens is 232 g/mol. The van der Waals surface area contributed by atoms with Gasteiger partial charge in [0.1, 0.15) is 0 Å². The average Bonchev–Trinajstić information content (AvgIpc) is 2.75. The second-order valence-electron chi connectivity index (χ2n) is 4.32. The molecule has 2 aromatic heterocycles. The minimum Gasteiger partial charge on any atom is -0.360 e. The third-order valence-corrected chi connectivity index (χ3v) is 3.24. The fourth-order valence-corrected chi connectivity index (χ4v) is 2.23. The summed E-state index contributed by atoms with van der Waals surface area (Å²) in [6.07, 6.45) is 1.79. The number of hydrogen-bond acceptors (Lipinski definition) is 5. The molecule has 0 aliphatic heterocycles. The second-order valence-corrected chi connectivity index (χ2v) is 5.30. The van der Waals surface area contributed by atoms with Crippen LogP contribution >= 0.6 is 11.3 Å². The van der Waals surface area contributed by atoms with E-state index in [0.717, 1.165) is 27.9 Å². The van der Waals surface area contributed by atoms with Crippen molar-refractivity contribution in [2.45, 2.75) is 20.8 Å². The molecule has 2 rings (SSSR count). The Morgan fingerprint density at radius 3 is 2.88 bits per heavy atom. The maximum absolute atomic E-state index is 4.26. The maximum atomic E-state index is 4.26. The van der Waals surface area contributed by atoms with E-state index in [4.69, 9.17) is 0 Å². The van der Waals surface area contributed by atoms with Gasteiger partial charge >= 0.3 is 0 Å². The van der Waals surface area contributed by atoms with Crippen LogP contribution < -0.4 is 5.32 Å². The van der Waals surface area contributed by atoms with E-state index in [1.807, 2.05) is 19.1 Å². The molecule has 0 spiro atoms. The maximum Gasteiger partial charge on any atom is 0.206 e. The molecule has 1 N–H and O–H groups in total. The van der Waals surface area contributed by atoms with Crippen molar-refractivity contribution < 1.29 is 0 Å². The molecule has 0 fully saturated rings. The van der Waals surface area contributed by atoms with Crippen LogP contribution in [0.2, 0.25) is 0 Å². The molecule has 4 nitrogen and oxygen atoms in total. The van der Waals surface area contributed by atoms with Crippen molar-refractivity contribution in [1.82, 2.24) is 15.2 Å². The Labute approximate surface area is 105 Å². The van der Waals surface area contributed by atoms with Gasteiger partial charge in [0.2, 0.25) is 5.13 Å². The van der Waals surface area contributed by atoms with Gasteiger partial charge in [0.05, 0.1) is 0 Å². The molecule has 17 heavy (non-hydrogen) atoms. The largest absolute Gasteiger partial charge is 0.360 e. The van der Waals surface area contributed by atoms with Gasteiger partial charge in [0.25, 0.3) is 0 Å². The Morgan fingerprint density at radius 1 is 1.35 bits per heavy atom. The second kappa shape index (κ2) is 5.23. The summed E-state index contributed by atoms with van der Waals surface area (Å²) in [4.78, 5) is 4.26. The molecule has 0 radical (unpaired) electrons. The van der Waals surface area contributed by atoms with Gasteiger partial charge in [-0.15, -0.1) is 10.2 Å². The smallest absolute Gasteiger partial charge is 0.206 e. The first-order valence-electron chi connectivity index (χ1n) is 5.66. The fraction of sp³-hybridized carbons (Fsp3) is 0.417. The summed E-state index contributed by atoms with van der Waals surface area (Å²) in [5.41, 5.74) is 2.04. The highest BCUT2D eigenvalue weighted by atomic mass is 32.1. The summed E-state index contributed by atoms with van der Waals surface area (Å²) in [5.74, 6) is 0.600. The van der Waals surface area contributed by atoms with Crippen molar-refractivity contribution in [2.75, 3.05) is 11.9 Å². The van der Waals surface area contributed by atoms with Gasteiger partial charge in [0.15, 0.2) is 5.01 Å². The van der Waals surface area contributed by atoms with E-state index in [1.165, 1.54) is 0 Å². The molecule has 0 aliphatic carbocycles. The lowest BCUT2D eigenvalue weighted by Gasteiger charge is -2.03. The SMILES string of the molecule is Cc1ncccc1-c1nnc(NCC(C)C)s1. The first-order chi connectivity index (χ1) is 8.16. The van der Waals surface area contributed by atoms with Gasteiger partial charge in [-0.05, 0) is 25.0 Å². The number of nitrogens with zero attached hydrogens (tertiary/aromatic N) is 3. The zero-order chi connectivity index (χ0) is 12.3. The highest BCUT2D eigenvalue weighted by molar-refractivity contribution is 7.18. The number of pyridine rings is 1. The number of hydrogen-bond donors (Lipinski definition) is 1. The molecular formula is C12H16N4S. The Bertz CT molecular complexity index is 493. The lowest BCUT2D eigenvalue weighted by molar-refractivity contribution is 0.687. The zero-order valence-corrected chi connectivity index (χ0v) is 11.1. The minimum atomic E-state index is 0.600. The lowest BCUT2D eigenvalue weighted by atomic mass is 10.2. The van der Waals surface area contributed by atoms with Crippen molar-refractivity contribution in [1.29, 1.82) is 0 Å². The van der Waals surface area contributed by atoms with E-state index in [-0.39, 0.29) is 0 Å². The van der Waals surface area contributed by atoms with E-state index >= 15 is 0 Å². The minimum absolute atomic E-state index is 0.600. The first kappa shape index (κ1) is 12.0. The summed E-state index contributed by atoms with van der Waals surface area (Å²) < 4.78 is 0. The van der Waals surface area contributed by atoms with Gasteiger partial charge in [-0.3, -0.25) is 4.98 Å². The van der Waals surface area contributed by atoms with Gasteiger partial charge in [-0.1, -0.05) is 25.2 Å². The number of nitrogens with one attached hydrogen (secondary N) is 1. The van der Waals surface area contributed by atoms with Crippen LogP contribution in [0.1, 0.15) is 19.5 Å². The first-order valence-corrected chi connectivity index (χ1v) is 6.48. The van der Waals surface area contributed by atoms with Crippen LogP contribution in [0.4, 0.5) is 5.13 Å². The Kier molecular flexibility index (Phi) is 3.68. The molecule has 2 heterocycles. The number of anilines is 1. The van der Waals surface area contributed by atoms with Crippen LogP contribution in [0.3, 0.4) is 0 Å². The lowest BCUT2D eigenvalue weighted by Crippen LogP contribution is -2.07. The molecule has 0 saturated heterocycles. The molecule has 2 aromatic rings. The number of rotatable bonds is 4. The summed E-state index contributed by atoms with van der Waals surface area (Å²) in [7, 11) is 0. The van der Waals surface area contributed by atoms with E-state index in [9.17, 15) is 0 Å². The summed E-state index contributed by atoms with van der Waals surface area (Å²) in [5, 5.41) is 13.4. The predicted molar refractivity (Wildman–Crippen MR) is 71.2 cm³/mol. The molecule has 90 valence electrons. The standard InChI is InChI=1S/C12H16N4S/c1-8(2)7-14-12-16-15-11(17-12)10-5-4-6-13-9(10)3/h4-6,8H,7H2,1-3H3,(H,14,16). The summed E-state index contributed by atoms with van der Waals surface area (Å²) >= 11 is 1.57. The van der Waals surface area contributed by atoms with Gasteiger partial charge in [-0.25, -0.2) is 0 Å². The van der Waals surface area contributed by atoms with Gasteiger partial charge < -0.3 is 5.32 Å².